The number of likely N-dealkylation sites (tertiary alicyclic amines) is 1. The Labute approximate surface area is 178 Å². The van der Waals surface area contributed by atoms with Crippen molar-refractivity contribution in [2.24, 2.45) is 0 Å². The second-order valence-corrected chi connectivity index (χ2v) is 9.49. The number of nitrogens with zero attached hydrogens (tertiary/aromatic N) is 2. The number of allylic oxidation sites excluding steroid dienone is 1. The summed E-state index contributed by atoms with van der Waals surface area (Å²) >= 11 is 0. The standard InChI is InChI=1S/C20H24F3N3O4S/c21-20(22,23)18(27)10-14-25-11-4-5-17(25)19(28)24-15-6-8-16(9-7-15)31(29,30)26-12-2-1-3-13-26/h6-10,14,17H,1-5,11-13H2,(H,24,28)/b14-10+. The quantitative estimate of drug-likeness (QED) is 0.661. The number of alkyl halides is 3. The van der Waals surface area contributed by atoms with Crippen LogP contribution in [0.3, 0.4) is 0 Å². The molecular weight excluding hydrogens is 435 g/mol. The predicted octanol–water partition coefficient (Wildman–Crippen LogP) is 2.91. The number of hydrogen-bond acceptors (Lipinski definition) is 5. The fraction of sp³-hybridized carbons (Fsp3) is 0.500. The molecule has 0 bridgehead atoms. The van der Waals surface area contributed by atoms with Gasteiger partial charge in [-0.3, -0.25) is 9.59 Å². The van der Waals surface area contributed by atoms with Gasteiger partial charge >= 0.3 is 6.18 Å². The average molecular weight is 459 g/mol. The number of rotatable bonds is 6. The van der Waals surface area contributed by atoms with Crippen LogP contribution < -0.4 is 5.32 Å². The molecule has 0 aliphatic carbocycles. The second-order valence-electron chi connectivity index (χ2n) is 7.55. The number of benzene rings is 1. The summed E-state index contributed by atoms with van der Waals surface area (Å²) in [5, 5.41) is 2.66. The van der Waals surface area contributed by atoms with Gasteiger partial charge in [-0.2, -0.15) is 17.5 Å². The number of halogens is 3. The molecule has 1 unspecified atom stereocenters. The van der Waals surface area contributed by atoms with E-state index >= 15 is 0 Å². The van der Waals surface area contributed by atoms with Crippen molar-refractivity contribution in [1.82, 2.24) is 9.21 Å². The number of carbonyl (C=O) groups is 2. The number of anilines is 1. The van der Waals surface area contributed by atoms with Crippen LogP contribution in [0.1, 0.15) is 32.1 Å². The van der Waals surface area contributed by atoms with E-state index in [1.54, 1.807) is 0 Å². The molecule has 1 N–H and O–H groups in total. The molecule has 2 saturated heterocycles. The number of nitrogens with one attached hydrogen (secondary N) is 1. The first-order valence-corrected chi connectivity index (χ1v) is 11.5. The highest BCUT2D eigenvalue weighted by Crippen LogP contribution is 2.24. The Morgan fingerprint density at radius 2 is 1.65 bits per heavy atom. The van der Waals surface area contributed by atoms with Gasteiger partial charge in [0.05, 0.1) is 4.90 Å². The summed E-state index contributed by atoms with van der Waals surface area (Å²) < 4.78 is 63.9. The number of carbonyl (C=O) groups excluding carboxylic acids is 2. The maximum absolute atomic E-state index is 12.7. The molecule has 1 aromatic carbocycles. The smallest absolute Gasteiger partial charge is 0.365 e. The normalized spacial score (nSPS) is 20.9. The van der Waals surface area contributed by atoms with Crippen molar-refractivity contribution in [2.45, 2.75) is 49.2 Å². The van der Waals surface area contributed by atoms with E-state index in [4.69, 9.17) is 0 Å². The number of piperidine rings is 1. The maximum Gasteiger partial charge on any atom is 0.454 e. The SMILES string of the molecule is O=C(Nc1ccc(S(=O)(=O)N2CCCCC2)cc1)C1CCCN1/C=C/C(=O)C(F)(F)F. The molecule has 1 atom stereocenters. The lowest BCUT2D eigenvalue weighted by Gasteiger charge is -2.26. The first-order chi connectivity index (χ1) is 14.6. The Morgan fingerprint density at radius 3 is 2.26 bits per heavy atom. The minimum atomic E-state index is -4.95. The average Bonchev–Trinajstić information content (AvgIpc) is 3.21. The number of sulfonamides is 1. The van der Waals surface area contributed by atoms with Crippen LogP contribution in [0, 0.1) is 0 Å². The van der Waals surface area contributed by atoms with Gasteiger partial charge in [-0.25, -0.2) is 8.42 Å². The second kappa shape index (κ2) is 9.39. The Kier molecular flexibility index (Phi) is 7.05. The number of ketones is 1. The Bertz CT molecular complexity index is 939. The summed E-state index contributed by atoms with van der Waals surface area (Å²) in [5.74, 6) is -2.42. The summed E-state index contributed by atoms with van der Waals surface area (Å²) in [6, 6.07) is 5.10. The molecule has 0 radical (unpaired) electrons. The molecule has 0 saturated carbocycles. The molecule has 31 heavy (non-hydrogen) atoms. The zero-order valence-corrected chi connectivity index (χ0v) is 17.6. The predicted molar refractivity (Wildman–Crippen MR) is 108 cm³/mol. The van der Waals surface area contributed by atoms with Gasteiger partial charge in [0.2, 0.25) is 15.9 Å². The monoisotopic (exact) mass is 459 g/mol. The summed E-state index contributed by atoms with van der Waals surface area (Å²) in [6.07, 6.45) is 0.155. The van der Waals surface area contributed by atoms with Crippen molar-refractivity contribution in [2.75, 3.05) is 25.0 Å². The molecule has 11 heteroatoms. The molecule has 7 nitrogen and oxygen atoms in total. The zero-order valence-electron chi connectivity index (χ0n) is 16.8. The molecule has 170 valence electrons. The van der Waals surface area contributed by atoms with Crippen molar-refractivity contribution in [1.29, 1.82) is 0 Å². The van der Waals surface area contributed by atoms with Gasteiger partial charge in [0.25, 0.3) is 5.78 Å². The van der Waals surface area contributed by atoms with Gasteiger partial charge in [-0.15, -0.1) is 0 Å². The summed E-state index contributed by atoms with van der Waals surface area (Å²) in [4.78, 5) is 25.1. The summed E-state index contributed by atoms with van der Waals surface area (Å²) in [5.41, 5.74) is 0.379. The van der Waals surface area contributed by atoms with Gasteiger partial charge in [0.1, 0.15) is 6.04 Å². The Hall–Kier alpha value is -2.40. The molecular formula is C20H24F3N3O4S. The van der Waals surface area contributed by atoms with Gasteiger partial charge < -0.3 is 10.2 Å². The summed E-state index contributed by atoms with van der Waals surface area (Å²) in [7, 11) is -3.58. The molecule has 0 spiro atoms. The van der Waals surface area contributed by atoms with E-state index in [-0.39, 0.29) is 4.90 Å². The number of hydrogen-bond donors (Lipinski definition) is 1. The first-order valence-electron chi connectivity index (χ1n) is 10.1. The van der Waals surface area contributed by atoms with Gasteiger partial charge in [0, 0.05) is 37.6 Å². The van der Waals surface area contributed by atoms with E-state index in [1.807, 2.05) is 0 Å². The molecule has 2 aliphatic rings. The number of amides is 1. The van der Waals surface area contributed by atoms with E-state index in [9.17, 15) is 31.2 Å². The highest BCUT2D eigenvalue weighted by Gasteiger charge is 2.37. The van der Waals surface area contributed by atoms with Crippen molar-refractivity contribution in [3.8, 4) is 0 Å². The third-order valence-corrected chi connectivity index (χ3v) is 7.28. The van der Waals surface area contributed by atoms with E-state index in [1.165, 1.54) is 33.5 Å². The van der Waals surface area contributed by atoms with Crippen molar-refractivity contribution in [3.05, 3.63) is 36.5 Å². The third kappa shape index (κ3) is 5.65. The van der Waals surface area contributed by atoms with Crippen molar-refractivity contribution in [3.63, 3.8) is 0 Å². The van der Waals surface area contributed by atoms with Crippen LogP contribution in [0.25, 0.3) is 0 Å². The van der Waals surface area contributed by atoms with Crippen LogP contribution in [0.2, 0.25) is 0 Å². The zero-order chi connectivity index (χ0) is 22.6. The first kappa shape index (κ1) is 23.3. The lowest BCUT2D eigenvalue weighted by molar-refractivity contribution is -0.165. The fourth-order valence-corrected chi connectivity index (χ4v) is 5.21. The minimum absolute atomic E-state index is 0.142. The largest absolute Gasteiger partial charge is 0.454 e. The molecule has 1 amide bonds. The van der Waals surface area contributed by atoms with E-state index in [2.05, 4.69) is 5.32 Å². The van der Waals surface area contributed by atoms with Crippen LogP contribution in [0.5, 0.6) is 0 Å². The van der Waals surface area contributed by atoms with Crippen LogP contribution in [0.15, 0.2) is 41.4 Å². The lowest BCUT2D eigenvalue weighted by Crippen LogP contribution is -2.37. The minimum Gasteiger partial charge on any atom is -0.365 e. The van der Waals surface area contributed by atoms with Gasteiger partial charge in [-0.05, 0) is 49.9 Å². The molecule has 2 aliphatic heterocycles. The van der Waals surface area contributed by atoms with Crippen LogP contribution in [0.4, 0.5) is 18.9 Å². The molecule has 2 fully saturated rings. The van der Waals surface area contributed by atoms with Crippen molar-refractivity contribution >= 4 is 27.4 Å². The van der Waals surface area contributed by atoms with E-state index in [0.29, 0.717) is 44.2 Å². The van der Waals surface area contributed by atoms with Crippen LogP contribution in [-0.2, 0) is 19.6 Å². The molecule has 3 rings (SSSR count). The Balaban J connectivity index is 1.63. The molecule has 1 aromatic rings. The topological polar surface area (TPSA) is 86.8 Å². The van der Waals surface area contributed by atoms with Gasteiger partial charge in [-0.1, -0.05) is 6.42 Å². The molecule has 2 heterocycles. The Morgan fingerprint density at radius 1 is 1.00 bits per heavy atom. The van der Waals surface area contributed by atoms with E-state index < -0.39 is 33.9 Å². The maximum atomic E-state index is 12.7. The van der Waals surface area contributed by atoms with E-state index in [0.717, 1.165) is 25.5 Å². The highest BCUT2D eigenvalue weighted by molar-refractivity contribution is 7.89. The van der Waals surface area contributed by atoms with Crippen LogP contribution >= 0.6 is 0 Å². The van der Waals surface area contributed by atoms with Crippen molar-refractivity contribution < 1.29 is 31.2 Å². The van der Waals surface area contributed by atoms with Crippen LogP contribution in [-0.4, -0.2) is 61.2 Å². The highest BCUT2D eigenvalue weighted by atomic mass is 32.2. The van der Waals surface area contributed by atoms with Gasteiger partial charge in [0.15, 0.2) is 0 Å². The third-order valence-electron chi connectivity index (χ3n) is 5.37. The lowest BCUT2D eigenvalue weighted by atomic mass is 10.2. The summed E-state index contributed by atoms with van der Waals surface area (Å²) in [6.45, 7) is 1.33. The molecule has 0 aromatic heterocycles. The fourth-order valence-electron chi connectivity index (χ4n) is 3.70.